The summed E-state index contributed by atoms with van der Waals surface area (Å²) in [6.07, 6.45) is -0.480. The van der Waals surface area contributed by atoms with E-state index < -0.39 is 23.1 Å². The molecule has 7 nitrogen and oxygen atoms in total. The standard InChI is InChI=1S/C20H33FN4O3/c1-8-27-16-10-9-14(11-15(16)21)12-23-17(22-7)24-13-20(5,6)25-18(26)28-19(2,3)4/h9-11H,8,12-13H2,1-7H3,(H,25,26)(H2,22,23,24). The van der Waals surface area contributed by atoms with Gasteiger partial charge in [0.2, 0.25) is 0 Å². The lowest BCUT2D eigenvalue weighted by atomic mass is 10.1. The van der Waals surface area contributed by atoms with E-state index in [1.807, 2.05) is 41.5 Å². The molecule has 1 aromatic rings. The summed E-state index contributed by atoms with van der Waals surface area (Å²) < 4.78 is 24.4. The quantitative estimate of drug-likeness (QED) is 0.487. The lowest BCUT2D eigenvalue weighted by Gasteiger charge is -2.29. The number of hydrogen-bond donors (Lipinski definition) is 3. The van der Waals surface area contributed by atoms with Gasteiger partial charge in [0.15, 0.2) is 17.5 Å². The summed E-state index contributed by atoms with van der Waals surface area (Å²) in [5.41, 5.74) is -0.362. The Hall–Kier alpha value is -2.51. The van der Waals surface area contributed by atoms with E-state index in [2.05, 4.69) is 20.9 Å². The van der Waals surface area contributed by atoms with Gasteiger partial charge in [0, 0.05) is 20.1 Å². The SMILES string of the molecule is CCOc1ccc(CNC(=NC)NCC(C)(C)NC(=O)OC(C)(C)C)cc1F. The number of carbonyl (C=O) groups is 1. The minimum Gasteiger partial charge on any atom is -0.491 e. The Labute approximate surface area is 167 Å². The van der Waals surface area contributed by atoms with Gasteiger partial charge in [0.25, 0.3) is 0 Å². The van der Waals surface area contributed by atoms with Crippen molar-refractivity contribution in [2.45, 2.75) is 59.2 Å². The molecule has 0 radical (unpaired) electrons. The van der Waals surface area contributed by atoms with Gasteiger partial charge in [-0.15, -0.1) is 0 Å². The molecule has 158 valence electrons. The van der Waals surface area contributed by atoms with Crippen molar-refractivity contribution in [3.8, 4) is 5.75 Å². The van der Waals surface area contributed by atoms with Gasteiger partial charge >= 0.3 is 6.09 Å². The van der Waals surface area contributed by atoms with Gasteiger partial charge in [-0.05, 0) is 59.2 Å². The normalized spacial score (nSPS) is 12.4. The largest absolute Gasteiger partial charge is 0.491 e. The van der Waals surface area contributed by atoms with Crippen LogP contribution in [0.3, 0.4) is 0 Å². The molecule has 28 heavy (non-hydrogen) atoms. The molecule has 0 heterocycles. The van der Waals surface area contributed by atoms with Crippen LogP contribution in [0.2, 0.25) is 0 Å². The fourth-order valence-corrected chi connectivity index (χ4v) is 2.26. The molecule has 1 rings (SSSR count). The Kier molecular flexibility index (Phi) is 8.53. The topological polar surface area (TPSA) is 84.0 Å². The molecule has 0 bridgehead atoms. The van der Waals surface area contributed by atoms with E-state index in [-0.39, 0.29) is 5.75 Å². The van der Waals surface area contributed by atoms with E-state index >= 15 is 0 Å². The molecular weight excluding hydrogens is 363 g/mol. The average Bonchev–Trinajstić information content (AvgIpc) is 2.55. The Balaban J connectivity index is 2.54. The van der Waals surface area contributed by atoms with Gasteiger partial charge < -0.3 is 25.4 Å². The van der Waals surface area contributed by atoms with Crippen LogP contribution in [0.4, 0.5) is 9.18 Å². The number of alkyl carbamates (subject to hydrolysis) is 1. The van der Waals surface area contributed by atoms with Crippen LogP contribution in [0.25, 0.3) is 0 Å². The Bertz CT molecular complexity index is 685. The van der Waals surface area contributed by atoms with Crippen molar-refractivity contribution in [2.24, 2.45) is 4.99 Å². The number of amides is 1. The van der Waals surface area contributed by atoms with Gasteiger partial charge in [0.05, 0.1) is 12.1 Å². The third-order valence-electron chi connectivity index (χ3n) is 3.52. The maximum Gasteiger partial charge on any atom is 0.408 e. The smallest absolute Gasteiger partial charge is 0.408 e. The molecule has 3 N–H and O–H groups in total. The molecular formula is C20H33FN4O3. The Morgan fingerprint density at radius 3 is 2.39 bits per heavy atom. The van der Waals surface area contributed by atoms with E-state index in [1.54, 1.807) is 19.2 Å². The van der Waals surface area contributed by atoms with E-state index in [0.29, 0.717) is 25.7 Å². The number of rotatable bonds is 7. The van der Waals surface area contributed by atoms with Crippen molar-refractivity contribution in [3.63, 3.8) is 0 Å². The zero-order chi connectivity index (χ0) is 21.4. The molecule has 1 amide bonds. The van der Waals surface area contributed by atoms with Crippen molar-refractivity contribution >= 4 is 12.1 Å². The maximum absolute atomic E-state index is 13.9. The minimum absolute atomic E-state index is 0.240. The molecule has 1 aromatic carbocycles. The number of guanidine groups is 1. The molecule has 0 saturated carbocycles. The summed E-state index contributed by atoms with van der Waals surface area (Å²) >= 11 is 0. The third kappa shape index (κ3) is 8.92. The highest BCUT2D eigenvalue weighted by atomic mass is 19.1. The zero-order valence-corrected chi connectivity index (χ0v) is 17.9. The monoisotopic (exact) mass is 396 g/mol. The maximum atomic E-state index is 13.9. The summed E-state index contributed by atoms with van der Waals surface area (Å²) in [5, 5.41) is 9.08. The second kappa shape index (κ2) is 10.1. The fourth-order valence-electron chi connectivity index (χ4n) is 2.26. The van der Waals surface area contributed by atoms with Gasteiger partial charge in [-0.25, -0.2) is 9.18 Å². The van der Waals surface area contributed by atoms with E-state index in [1.165, 1.54) is 6.07 Å². The number of aliphatic imine (C=N–C) groups is 1. The summed E-state index contributed by atoms with van der Waals surface area (Å²) in [6, 6.07) is 4.83. The van der Waals surface area contributed by atoms with E-state index in [0.717, 1.165) is 5.56 Å². The van der Waals surface area contributed by atoms with Gasteiger partial charge in [-0.2, -0.15) is 0 Å². The van der Waals surface area contributed by atoms with E-state index in [9.17, 15) is 9.18 Å². The number of ether oxygens (including phenoxy) is 2. The molecule has 0 aliphatic carbocycles. The van der Waals surface area contributed by atoms with Crippen LogP contribution < -0.4 is 20.7 Å². The lowest BCUT2D eigenvalue weighted by Crippen LogP contribution is -2.54. The molecule has 8 heteroatoms. The average molecular weight is 397 g/mol. The molecule has 0 unspecified atom stereocenters. The van der Waals surface area contributed by atoms with E-state index in [4.69, 9.17) is 9.47 Å². The van der Waals surface area contributed by atoms with Crippen LogP contribution in [0.5, 0.6) is 5.75 Å². The van der Waals surface area contributed by atoms with Crippen LogP contribution in [0.15, 0.2) is 23.2 Å². The molecule has 0 aromatic heterocycles. The Morgan fingerprint density at radius 2 is 1.86 bits per heavy atom. The number of halogens is 1. The first-order chi connectivity index (χ1) is 13.0. The second-order valence-electron chi connectivity index (χ2n) is 7.99. The van der Waals surface area contributed by atoms with Crippen LogP contribution in [-0.2, 0) is 11.3 Å². The molecule has 0 aliphatic heterocycles. The molecule has 0 aliphatic rings. The predicted octanol–water partition coefficient (Wildman–Crippen LogP) is 3.19. The van der Waals surface area contributed by atoms with Gasteiger partial charge in [-0.3, -0.25) is 4.99 Å². The van der Waals surface area contributed by atoms with Crippen molar-refractivity contribution in [1.82, 2.24) is 16.0 Å². The zero-order valence-electron chi connectivity index (χ0n) is 17.9. The van der Waals surface area contributed by atoms with Crippen LogP contribution in [0, 0.1) is 5.82 Å². The number of benzene rings is 1. The molecule has 0 saturated heterocycles. The molecule has 0 spiro atoms. The summed E-state index contributed by atoms with van der Waals surface area (Å²) in [4.78, 5) is 16.1. The van der Waals surface area contributed by atoms with Crippen LogP contribution >= 0.6 is 0 Å². The van der Waals surface area contributed by atoms with Crippen molar-refractivity contribution < 1.29 is 18.7 Å². The number of nitrogens with one attached hydrogen (secondary N) is 3. The first kappa shape index (κ1) is 23.5. The van der Waals surface area contributed by atoms with Gasteiger partial charge in [0.1, 0.15) is 5.60 Å². The fraction of sp³-hybridized carbons (Fsp3) is 0.600. The highest BCUT2D eigenvalue weighted by Gasteiger charge is 2.24. The highest BCUT2D eigenvalue weighted by molar-refractivity contribution is 5.79. The predicted molar refractivity (Wildman–Crippen MR) is 109 cm³/mol. The lowest BCUT2D eigenvalue weighted by molar-refractivity contribution is 0.0474. The van der Waals surface area contributed by atoms with Crippen molar-refractivity contribution in [2.75, 3.05) is 20.2 Å². The Morgan fingerprint density at radius 1 is 1.18 bits per heavy atom. The first-order valence-corrected chi connectivity index (χ1v) is 9.32. The van der Waals surface area contributed by atoms with Crippen LogP contribution in [0.1, 0.15) is 47.1 Å². The summed E-state index contributed by atoms with van der Waals surface area (Å²) in [6.45, 7) is 12.2. The van der Waals surface area contributed by atoms with Crippen LogP contribution in [-0.4, -0.2) is 43.4 Å². The third-order valence-corrected chi connectivity index (χ3v) is 3.52. The number of nitrogens with zero attached hydrogens (tertiary/aromatic N) is 1. The first-order valence-electron chi connectivity index (χ1n) is 9.32. The number of carbonyl (C=O) groups excluding carboxylic acids is 1. The summed E-state index contributed by atoms with van der Waals surface area (Å²) in [5.74, 6) is 0.379. The number of hydrogen-bond acceptors (Lipinski definition) is 4. The highest BCUT2D eigenvalue weighted by Crippen LogP contribution is 2.18. The molecule has 0 fully saturated rings. The second-order valence-corrected chi connectivity index (χ2v) is 7.99. The summed E-state index contributed by atoms with van der Waals surface area (Å²) in [7, 11) is 1.64. The van der Waals surface area contributed by atoms with Crippen molar-refractivity contribution in [1.29, 1.82) is 0 Å². The van der Waals surface area contributed by atoms with Crippen molar-refractivity contribution in [3.05, 3.63) is 29.6 Å². The molecule has 0 atom stereocenters. The minimum atomic E-state index is -0.564. The van der Waals surface area contributed by atoms with Gasteiger partial charge in [-0.1, -0.05) is 6.07 Å².